The Bertz CT molecular complexity index is 816. The minimum atomic E-state index is 0.0552. The highest BCUT2D eigenvalue weighted by atomic mass is 16.5. The molecule has 0 amide bonds. The molecule has 3 rings (SSSR count). The van der Waals surface area contributed by atoms with Gasteiger partial charge in [-0.05, 0) is 52.8 Å². The summed E-state index contributed by atoms with van der Waals surface area (Å²) in [6.07, 6.45) is 6.11. The lowest BCUT2D eigenvalue weighted by Crippen LogP contribution is -2.13. The number of aromatic hydroxyl groups is 1. The summed E-state index contributed by atoms with van der Waals surface area (Å²) in [7, 11) is 1.68. The number of benzene rings is 2. The monoisotopic (exact) mass is 362 g/mol. The van der Waals surface area contributed by atoms with Crippen molar-refractivity contribution < 1.29 is 14.6 Å². The molecule has 1 N–H and O–H groups in total. The van der Waals surface area contributed by atoms with E-state index in [-0.39, 0.29) is 11.9 Å². The van der Waals surface area contributed by atoms with E-state index in [0.29, 0.717) is 13.2 Å². The number of phenolic OH excluding ortho intramolecular Hbond substituents is 1. The van der Waals surface area contributed by atoms with Crippen molar-refractivity contribution in [3.05, 3.63) is 89.5 Å². The number of methoxy groups -OCH3 is 1. The van der Waals surface area contributed by atoms with E-state index < -0.39 is 0 Å². The van der Waals surface area contributed by atoms with Gasteiger partial charge in [-0.15, -0.1) is 0 Å². The van der Waals surface area contributed by atoms with E-state index in [9.17, 15) is 5.11 Å². The molecule has 0 bridgehead atoms. The number of hydrogen-bond donors (Lipinski definition) is 1. The van der Waals surface area contributed by atoms with Gasteiger partial charge in [-0.3, -0.25) is 0 Å². The van der Waals surface area contributed by atoms with Crippen LogP contribution in [0.5, 0.6) is 5.75 Å². The van der Waals surface area contributed by atoms with E-state index in [2.05, 4.69) is 43.0 Å². The summed E-state index contributed by atoms with van der Waals surface area (Å²) in [6, 6.07) is 17.7. The van der Waals surface area contributed by atoms with E-state index >= 15 is 0 Å². The standard InChI is InChI=1S/C24H26O3/c1-18(17-26-2)23-14-15-27-24(23)13-10-21(20-6-4-3-5-7-20)16-19-8-11-22(25)12-9-19/h3-9,11-12,14,16,24-25H,1,10,13,15,17H2,2H3/b21-16-. The third kappa shape index (κ3) is 5.19. The Kier molecular flexibility index (Phi) is 6.64. The van der Waals surface area contributed by atoms with Gasteiger partial charge in [-0.1, -0.05) is 61.2 Å². The van der Waals surface area contributed by atoms with E-state index in [1.165, 1.54) is 11.1 Å². The van der Waals surface area contributed by atoms with Gasteiger partial charge in [0.2, 0.25) is 0 Å². The second kappa shape index (κ2) is 9.36. The maximum absolute atomic E-state index is 9.52. The van der Waals surface area contributed by atoms with Crippen molar-refractivity contribution in [1.82, 2.24) is 0 Å². The van der Waals surface area contributed by atoms with Crippen LogP contribution in [0.25, 0.3) is 11.6 Å². The van der Waals surface area contributed by atoms with Crippen molar-refractivity contribution in [2.45, 2.75) is 18.9 Å². The summed E-state index contributed by atoms with van der Waals surface area (Å²) in [4.78, 5) is 0. The molecule has 3 nitrogen and oxygen atoms in total. The minimum Gasteiger partial charge on any atom is -0.508 e. The van der Waals surface area contributed by atoms with Gasteiger partial charge in [0, 0.05) is 7.11 Å². The first-order valence-corrected chi connectivity index (χ1v) is 9.21. The summed E-state index contributed by atoms with van der Waals surface area (Å²) in [6.45, 7) is 5.28. The summed E-state index contributed by atoms with van der Waals surface area (Å²) >= 11 is 0. The Hall–Kier alpha value is -2.62. The molecule has 1 unspecified atom stereocenters. The van der Waals surface area contributed by atoms with Crippen LogP contribution in [0, 0.1) is 0 Å². The summed E-state index contributed by atoms with van der Waals surface area (Å²) < 4.78 is 11.1. The first-order valence-electron chi connectivity index (χ1n) is 9.21. The fourth-order valence-electron chi connectivity index (χ4n) is 3.35. The zero-order chi connectivity index (χ0) is 19.1. The van der Waals surface area contributed by atoms with E-state index in [0.717, 1.165) is 29.6 Å². The van der Waals surface area contributed by atoms with Crippen LogP contribution in [0.15, 0.2) is 78.4 Å². The number of hydrogen-bond acceptors (Lipinski definition) is 3. The predicted molar refractivity (Wildman–Crippen MR) is 110 cm³/mol. The molecule has 0 radical (unpaired) electrons. The Morgan fingerprint density at radius 1 is 1.19 bits per heavy atom. The molecular weight excluding hydrogens is 336 g/mol. The largest absolute Gasteiger partial charge is 0.508 e. The van der Waals surface area contributed by atoms with E-state index in [1.54, 1.807) is 19.2 Å². The lowest BCUT2D eigenvalue weighted by molar-refractivity contribution is 0.116. The van der Waals surface area contributed by atoms with Gasteiger partial charge in [-0.2, -0.15) is 0 Å². The van der Waals surface area contributed by atoms with Crippen LogP contribution in [-0.2, 0) is 9.47 Å². The van der Waals surface area contributed by atoms with Crippen LogP contribution >= 0.6 is 0 Å². The maximum Gasteiger partial charge on any atom is 0.115 e. The quantitative estimate of drug-likeness (QED) is 0.653. The normalized spacial score (nSPS) is 17.0. The van der Waals surface area contributed by atoms with Crippen LogP contribution in [0.4, 0.5) is 0 Å². The van der Waals surface area contributed by atoms with Gasteiger partial charge < -0.3 is 14.6 Å². The second-order valence-corrected chi connectivity index (χ2v) is 6.68. The van der Waals surface area contributed by atoms with Crippen LogP contribution in [0.2, 0.25) is 0 Å². The molecule has 140 valence electrons. The van der Waals surface area contributed by atoms with Gasteiger partial charge in [0.1, 0.15) is 5.75 Å². The Morgan fingerprint density at radius 3 is 2.63 bits per heavy atom. The van der Waals surface area contributed by atoms with E-state index in [4.69, 9.17) is 9.47 Å². The lowest BCUT2D eigenvalue weighted by atomic mass is 9.93. The van der Waals surface area contributed by atoms with Crippen LogP contribution in [0.3, 0.4) is 0 Å². The maximum atomic E-state index is 9.52. The number of ether oxygens (including phenoxy) is 2. The van der Waals surface area contributed by atoms with Crippen molar-refractivity contribution >= 4 is 11.6 Å². The molecular formula is C24H26O3. The van der Waals surface area contributed by atoms with Gasteiger partial charge >= 0.3 is 0 Å². The molecule has 0 aromatic heterocycles. The van der Waals surface area contributed by atoms with Crippen LogP contribution < -0.4 is 0 Å². The van der Waals surface area contributed by atoms with Crippen molar-refractivity contribution in [2.24, 2.45) is 0 Å². The average molecular weight is 362 g/mol. The van der Waals surface area contributed by atoms with Crippen molar-refractivity contribution in [3.8, 4) is 5.75 Å². The average Bonchev–Trinajstić information content (AvgIpc) is 3.16. The summed E-state index contributed by atoms with van der Waals surface area (Å²) in [5, 5.41) is 9.52. The highest BCUT2D eigenvalue weighted by Crippen LogP contribution is 2.30. The highest BCUT2D eigenvalue weighted by Gasteiger charge is 2.22. The molecule has 3 heteroatoms. The predicted octanol–water partition coefficient (Wildman–Crippen LogP) is 5.24. The van der Waals surface area contributed by atoms with Crippen molar-refractivity contribution in [1.29, 1.82) is 0 Å². The van der Waals surface area contributed by atoms with Gasteiger partial charge in [0.05, 0.1) is 19.3 Å². The van der Waals surface area contributed by atoms with Gasteiger partial charge in [0.25, 0.3) is 0 Å². The molecule has 1 aliphatic heterocycles. The fraction of sp³-hybridized carbons (Fsp3) is 0.250. The van der Waals surface area contributed by atoms with Crippen LogP contribution in [0.1, 0.15) is 24.0 Å². The molecule has 1 aliphatic rings. The van der Waals surface area contributed by atoms with Gasteiger partial charge in [-0.25, -0.2) is 0 Å². The highest BCUT2D eigenvalue weighted by molar-refractivity contribution is 5.81. The lowest BCUT2D eigenvalue weighted by Gasteiger charge is -2.18. The van der Waals surface area contributed by atoms with Crippen molar-refractivity contribution in [2.75, 3.05) is 20.3 Å². The molecule has 2 aromatic carbocycles. The number of phenols is 1. The zero-order valence-corrected chi connectivity index (χ0v) is 15.7. The van der Waals surface area contributed by atoms with Crippen molar-refractivity contribution in [3.63, 3.8) is 0 Å². The molecule has 0 aliphatic carbocycles. The number of allylic oxidation sites excluding steroid dienone is 1. The summed E-state index contributed by atoms with van der Waals surface area (Å²) in [5.74, 6) is 0.277. The van der Waals surface area contributed by atoms with Crippen LogP contribution in [-0.4, -0.2) is 31.5 Å². The third-order valence-electron chi connectivity index (χ3n) is 4.73. The molecule has 0 saturated heterocycles. The molecule has 1 heterocycles. The Morgan fingerprint density at radius 2 is 1.93 bits per heavy atom. The minimum absolute atomic E-state index is 0.0552. The zero-order valence-electron chi connectivity index (χ0n) is 15.7. The summed E-state index contributed by atoms with van der Waals surface area (Å²) in [5.41, 5.74) is 5.66. The smallest absolute Gasteiger partial charge is 0.115 e. The third-order valence-corrected chi connectivity index (χ3v) is 4.73. The van der Waals surface area contributed by atoms with E-state index in [1.807, 2.05) is 18.2 Å². The Labute approximate surface area is 161 Å². The number of rotatable bonds is 8. The molecule has 0 fully saturated rings. The topological polar surface area (TPSA) is 38.7 Å². The SMILES string of the molecule is C=C(COC)C1=CCOC1CC/C(=C/c1ccc(O)cc1)c1ccccc1. The first-order chi connectivity index (χ1) is 13.2. The molecule has 0 spiro atoms. The molecule has 1 atom stereocenters. The Balaban J connectivity index is 1.77. The molecule has 2 aromatic rings. The first kappa shape index (κ1) is 19.2. The molecule has 0 saturated carbocycles. The fourth-order valence-corrected chi connectivity index (χ4v) is 3.35. The van der Waals surface area contributed by atoms with Gasteiger partial charge in [0.15, 0.2) is 0 Å². The molecule has 27 heavy (non-hydrogen) atoms. The second-order valence-electron chi connectivity index (χ2n) is 6.68.